The molecule has 0 spiro atoms. The molecule has 0 aliphatic heterocycles. The van der Waals surface area contributed by atoms with E-state index in [9.17, 15) is 10.2 Å². The van der Waals surface area contributed by atoms with Gasteiger partial charge in [0, 0.05) is 26.6 Å². The van der Waals surface area contributed by atoms with Crippen molar-refractivity contribution in [2.75, 3.05) is 52.4 Å². The van der Waals surface area contributed by atoms with Crippen molar-refractivity contribution >= 4 is 0 Å². The van der Waals surface area contributed by atoms with E-state index >= 15 is 0 Å². The van der Waals surface area contributed by atoms with Crippen LogP contribution in [-0.4, -0.2) is 71.5 Å². The molecule has 0 bridgehead atoms. The molecule has 0 aromatic heterocycles. The summed E-state index contributed by atoms with van der Waals surface area (Å²) >= 11 is 0. The third-order valence-corrected chi connectivity index (χ3v) is 8.13. The average molecular weight is 751 g/mol. The molecule has 0 unspecified atom stereocenters. The third kappa shape index (κ3) is 20.2. The fourth-order valence-electron chi connectivity index (χ4n) is 4.31. The van der Waals surface area contributed by atoms with Crippen molar-refractivity contribution < 1.29 is 54.2 Å². The van der Waals surface area contributed by atoms with Crippen molar-refractivity contribution in [2.24, 2.45) is 0 Å². The number of nitrogens with zero attached hydrogens (tertiary/aromatic N) is 2. The maximum atomic E-state index is 9.87. The molecule has 1 aromatic rings. The quantitative estimate of drug-likeness (QED) is 0.126. The van der Waals surface area contributed by atoms with Crippen LogP contribution in [0.3, 0.4) is 0 Å². The van der Waals surface area contributed by atoms with Crippen molar-refractivity contribution in [1.82, 2.24) is 0 Å². The van der Waals surface area contributed by atoms with Crippen LogP contribution in [0.4, 0.5) is 0 Å². The van der Waals surface area contributed by atoms with Crippen LogP contribution in [0.15, 0.2) is 12.1 Å². The Hall–Kier alpha value is -1.35. The minimum atomic E-state index is -0.178. The number of phenols is 2. The van der Waals surface area contributed by atoms with Crippen LogP contribution in [0.1, 0.15) is 108 Å². The van der Waals surface area contributed by atoms with Gasteiger partial charge in [-0.25, -0.2) is 0 Å². The number of phenolic OH excluding ortho intramolecular Hbond substituents is 2. The summed E-state index contributed by atoms with van der Waals surface area (Å²) < 4.78 is 25.1. The Balaban J connectivity index is -0.000000106. The molecular weight excluding hydrogens is 688 g/mol. The molecule has 0 aliphatic rings. The summed E-state index contributed by atoms with van der Waals surface area (Å²) in [7, 11) is 0. The van der Waals surface area contributed by atoms with Crippen LogP contribution in [0.5, 0.6) is 11.5 Å². The minimum absolute atomic E-state index is 0. The number of hydrogen-bond acceptors (Lipinski definition) is 2. The normalized spacial score (nSPS) is 10.4. The minimum Gasteiger partial charge on any atom is 0 e. The van der Waals surface area contributed by atoms with Gasteiger partial charge in [-0.1, -0.05) is 47.6 Å². The first-order valence-corrected chi connectivity index (χ1v) is 14.4. The SMILES string of the molecule is CC(C)(C)c1cc(O)c(O)c(C(C)(C)C)c1.CC[N+](CC)(CC)CC.CC[N+](CC)(CC)CC.[C-]#[O+].[C-]#[O+].[C-]#[O+].[W]. The maximum absolute atomic E-state index is 9.87. The van der Waals surface area contributed by atoms with Crippen LogP contribution in [0, 0.1) is 20.0 Å². The molecule has 0 heterocycles. The van der Waals surface area contributed by atoms with Gasteiger partial charge in [-0.15, -0.1) is 0 Å². The monoisotopic (exact) mass is 750 g/mol. The van der Waals surface area contributed by atoms with Gasteiger partial charge in [0.15, 0.2) is 11.5 Å². The van der Waals surface area contributed by atoms with E-state index < -0.39 is 0 Å². The molecular formula is C33H62N2O5W+2. The molecule has 7 nitrogen and oxygen atoms in total. The average Bonchev–Trinajstić information content (AvgIpc) is 2.96. The summed E-state index contributed by atoms with van der Waals surface area (Å²) in [6.45, 7) is 54.3. The predicted octanol–water partition coefficient (Wildman–Crippen LogP) is 7.34. The first-order chi connectivity index (χ1) is 18.5. The van der Waals surface area contributed by atoms with Crippen LogP contribution in [0.2, 0.25) is 0 Å². The van der Waals surface area contributed by atoms with E-state index in [1.807, 2.05) is 26.8 Å². The number of rotatable bonds is 8. The fourth-order valence-corrected chi connectivity index (χ4v) is 4.31. The second kappa shape index (κ2) is 27.5. The number of aromatic hydroxyl groups is 2. The molecule has 1 rings (SSSR count). The molecule has 238 valence electrons. The zero-order valence-corrected chi connectivity index (χ0v) is 31.7. The van der Waals surface area contributed by atoms with Gasteiger partial charge in [0.2, 0.25) is 0 Å². The summed E-state index contributed by atoms with van der Waals surface area (Å²) in [6, 6.07) is 3.62. The van der Waals surface area contributed by atoms with Gasteiger partial charge in [0.1, 0.15) is 0 Å². The van der Waals surface area contributed by atoms with Gasteiger partial charge >= 0.3 is 33.9 Å². The second-order valence-corrected chi connectivity index (χ2v) is 11.6. The van der Waals surface area contributed by atoms with E-state index in [0.717, 1.165) is 11.1 Å². The Morgan fingerprint density at radius 2 is 0.780 bits per heavy atom. The van der Waals surface area contributed by atoms with Crippen molar-refractivity contribution in [2.45, 2.75) is 108 Å². The molecule has 8 heteroatoms. The van der Waals surface area contributed by atoms with Gasteiger partial charge < -0.3 is 19.2 Å². The van der Waals surface area contributed by atoms with Gasteiger partial charge in [-0.2, -0.15) is 0 Å². The van der Waals surface area contributed by atoms with E-state index in [1.54, 1.807) is 6.07 Å². The Labute approximate surface area is 268 Å². The van der Waals surface area contributed by atoms with Crippen molar-refractivity contribution in [3.05, 3.63) is 43.2 Å². The second-order valence-electron chi connectivity index (χ2n) is 11.6. The molecule has 0 amide bonds. The van der Waals surface area contributed by atoms with E-state index in [1.165, 1.54) is 61.3 Å². The zero-order chi connectivity index (χ0) is 33.4. The fraction of sp³-hybridized carbons (Fsp3) is 0.727. The Morgan fingerprint density at radius 3 is 0.927 bits per heavy atom. The largest absolute Gasteiger partial charge is 0 e. The Bertz CT molecular complexity index is 745. The van der Waals surface area contributed by atoms with Crippen LogP contribution >= 0.6 is 0 Å². The Kier molecular flexibility index (Phi) is 35.1. The van der Waals surface area contributed by atoms with Crippen molar-refractivity contribution in [3.8, 4) is 11.5 Å². The van der Waals surface area contributed by atoms with E-state index in [4.69, 9.17) is 14.0 Å². The van der Waals surface area contributed by atoms with E-state index in [-0.39, 0.29) is 43.4 Å². The van der Waals surface area contributed by atoms with Crippen molar-refractivity contribution in [3.63, 3.8) is 0 Å². The Morgan fingerprint density at radius 1 is 0.537 bits per heavy atom. The van der Waals surface area contributed by atoms with E-state index in [0.29, 0.717) is 0 Å². The van der Waals surface area contributed by atoms with Gasteiger partial charge in [0.25, 0.3) is 0 Å². The molecule has 0 atom stereocenters. The molecule has 0 saturated carbocycles. The maximum Gasteiger partial charge on any atom is 0 e. The number of benzene rings is 1. The first kappa shape index (κ1) is 52.3. The molecule has 0 fully saturated rings. The molecule has 2 N–H and O–H groups in total. The molecule has 0 radical (unpaired) electrons. The standard InChI is InChI=1S/C14H22O2.2C8H20N.3CO.W/c1-13(2,3)9-7-10(14(4,5)6)12(16)11(15)8-9;2*1-5-9(6-2,7-3)8-4;3*1-2;/h7-8,15-16H,1-6H3;2*5-8H2,1-4H3;;;;/q;2*+1;;;;. The predicted molar refractivity (Wildman–Crippen MR) is 164 cm³/mol. The molecule has 0 aliphatic carbocycles. The van der Waals surface area contributed by atoms with Gasteiger partial charge in [0.05, 0.1) is 52.4 Å². The summed E-state index contributed by atoms with van der Waals surface area (Å²) in [6.07, 6.45) is 0. The first-order valence-electron chi connectivity index (χ1n) is 14.4. The van der Waals surface area contributed by atoms with Crippen LogP contribution < -0.4 is 0 Å². The van der Waals surface area contributed by atoms with E-state index in [2.05, 4.69) is 96.1 Å². The van der Waals surface area contributed by atoms with Crippen LogP contribution in [-0.2, 0) is 45.9 Å². The third-order valence-electron chi connectivity index (χ3n) is 8.13. The van der Waals surface area contributed by atoms with Crippen LogP contribution in [0.25, 0.3) is 0 Å². The van der Waals surface area contributed by atoms with Crippen molar-refractivity contribution in [1.29, 1.82) is 0 Å². The van der Waals surface area contributed by atoms with Gasteiger partial charge in [-0.05, 0) is 77.8 Å². The summed E-state index contributed by atoms with van der Waals surface area (Å²) in [5, 5.41) is 19.6. The summed E-state index contributed by atoms with van der Waals surface area (Å²) in [5.74, 6) is -0.0298. The molecule has 41 heavy (non-hydrogen) atoms. The molecule has 0 saturated heterocycles. The smallest absolute Gasteiger partial charge is 0 e. The zero-order valence-electron chi connectivity index (χ0n) is 28.7. The van der Waals surface area contributed by atoms with Gasteiger partial charge in [-0.3, -0.25) is 0 Å². The topological polar surface area (TPSA) is 100 Å². The summed E-state index contributed by atoms with van der Waals surface area (Å²) in [5.41, 5.74) is 1.61. The number of hydrogen-bond donors (Lipinski definition) is 2. The number of quaternary nitrogens is 2. The molecule has 1 aromatic carbocycles. The summed E-state index contributed by atoms with van der Waals surface area (Å²) in [4.78, 5) is 0.